The van der Waals surface area contributed by atoms with Crippen molar-refractivity contribution in [3.05, 3.63) is 53.2 Å². The van der Waals surface area contributed by atoms with Crippen LogP contribution in [0.4, 0.5) is 5.69 Å². The number of aromatic nitrogens is 4. The Bertz CT molecular complexity index is 1060. The molecule has 4 rings (SSSR count). The first-order valence-corrected chi connectivity index (χ1v) is 10.0. The molecular formula is C21H26N6O2. The van der Waals surface area contributed by atoms with Crippen LogP contribution in [-0.2, 0) is 11.8 Å². The summed E-state index contributed by atoms with van der Waals surface area (Å²) >= 11 is 0. The Morgan fingerprint density at radius 2 is 2.03 bits per heavy atom. The largest absolute Gasteiger partial charge is 0.370 e. The zero-order chi connectivity index (χ0) is 20.4. The maximum absolute atomic E-state index is 12.7. The Balaban J connectivity index is 1.30. The number of piperidine rings is 1. The zero-order valence-electron chi connectivity index (χ0n) is 16.8. The van der Waals surface area contributed by atoms with E-state index in [1.54, 1.807) is 25.6 Å². The van der Waals surface area contributed by atoms with Crippen molar-refractivity contribution in [1.29, 1.82) is 0 Å². The molecule has 0 aliphatic carbocycles. The topological polar surface area (TPSA) is 85.0 Å². The molecule has 0 radical (unpaired) electrons. The predicted molar refractivity (Wildman–Crippen MR) is 112 cm³/mol. The van der Waals surface area contributed by atoms with E-state index in [4.69, 9.17) is 0 Å². The summed E-state index contributed by atoms with van der Waals surface area (Å²) in [6, 6.07) is 9.15. The van der Waals surface area contributed by atoms with Crippen molar-refractivity contribution >= 4 is 22.6 Å². The molecule has 0 bridgehead atoms. The maximum Gasteiger partial charge on any atom is 0.268 e. The highest BCUT2D eigenvalue weighted by Crippen LogP contribution is 2.22. The van der Waals surface area contributed by atoms with Gasteiger partial charge >= 0.3 is 0 Å². The third-order valence-electron chi connectivity index (χ3n) is 5.78. The van der Waals surface area contributed by atoms with Gasteiger partial charge in [0.1, 0.15) is 6.04 Å². The highest BCUT2D eigenvalue weighted by atomic mass is 16.2. The van der Waals surface area contributed by atoms with Crippen molar-refractivity contribution in [3.8, 4) is 0 Å². The number of fused-ring (bicyclic) bond motifs is 1. The van der Waals surface area contributed by atoms with E-state index in [0.29, 0.717) is 12.5 Å². The monoisotopic (exact) mass is 394 g/mol. The summed E-state index contributed by atoms with van der Waals surface area (Å²) in [4.78, 5) is 31.0. The van der Waals surface area contributed by atoms with Gasteiger partial charge < -0.3 is 14.8 Å². The minimum Gasteiger partial charge on any atom is -0.370 e. The molecule has 8 heteroatoms. The minimum absolute atomic E-state index is 0.00587. The van der Waals surface area contributed by atoms with E-state index >= 15 is 0 Å². The van der Waals surface area contributed by atoms with Gasteiger partial charge in [0.15, 0.2) is 0 Å². The second-order valence-electron chi connectivity index (χ2n) is 7.67. The van der Waals surface area contributed by atoms with Gasteiger partial charge in [0.25, 0.3) is 5.56 Å². The van der Waals surface area contributed by atoms with Gasteiger partial charge in [-0.25, -0.2) is 9.67 Å². The molecule has 0 saturated carbocycles. The van der Waals surface area contributed by atoms with Gasteiger partial charge in [0.05, 0.1) is 29.2 Å². The van der Waals surface area contributed by atoms with Crippen LogP contribution in [0.25, 0.3) is 11.0 Å². The number of imidazole rings is 1. The molecular weight excluding hydrogens is 368 g/mol. The van der Waals surface area contributed by atoms with E-state index in [0.717, 1.165) is 42.7 Å². The minimum atomic E-state index is -0.311. The molecule has 29 heavy (non-hydrogen) atoms. The van der Waals surface area contributed by atoms with Gasteiger partial charge in [-0.2, -0.15) is 5.10 Å². The van der Waals surface area contributed by atoms with Crippen LogP contribution in [0.3, 0.4) is 0 Å². The molecule has 1 atom stereocenters. The molecule has 8 nitrogen and oxygen atoms in total. The van der Waals surface area contributed by atoms with Crippen LogP contribution in [0.15, 0.2) is 47.7 Å². The maximum atomic E-state index is 12.7. The second kappa shape index (κ2) is 8.06. The number of nitrogens with one attached hydrogen (secondary N) is 1. The number of benzene rings is 1. The Hall–Kier alpha value is -3.16. The summed E-state index contributed by atoms with van der Waals surface area (Å²) in [6.45, 7) is 4.28. The van der Waals surface area contributed by atoms with Crippen molar-refractivity contribution in [1.82, 2.24) is 24.6 Å². The normalized spacial score (nSPS) is 16.1. The van der Waals surface area contributed by atoms with Gasteiger partial charge in [0, 0.05) is 32.7 Å². The molecule has 0 spiro atoms. The first kappa shape index (κ1) is 19.2. The molecule has 1 N–H and O–H groups in total. The molecule has 1 aromatic carbocycles. The van der Waals surface area contributed by atoms with E-state index < -0.39 is 0 Å². The third kappa shape index (κ3) is 4.01. The van der Waals surface area contributed by atoms with Crippen molar-refractivity contribution in [2.75, 3.05) is 24.5 Å². The Morgan fingerprint density at radius 1 is 1.28 bits per heavy atom. The Labute approximate surface area is 169 Å². The molecule has 2 aromatic heterocycles. The van der Waals surface area contributed by atoms with Crippen LogP contribution in [0.1, 0.15) is 25.8 Å². The molecule has 1 fully saturated rings. The summed E-state index contributed by atoms with van der Waals surface area (Å²) in [6.07, 6.45) is 5.40. The van der Waals surface area contributed by atoms with E-state index in [2.05, 4.69) is 20.3 Å². The SMILES string of the molecule is C[C@@H](C(=O)NCC1CCN(c2cnn(C)c(=O)c2)CC1)n1cnc2ccccc21. The number of hydrogen-bond acceptors (Lipinski definition) is 5. The number of carbonyl (C=O) groups excluding carboxylic acids is 1. The first-order chi connectivity index (χ1) is 14.0. The molecule has 152 valence electrons. The van der Waals surface area contributed by atoms with Crippen molar-refractivity contribution < 1.29 is 4.79 Å². The van der Waals surface area contributed by atoms with Gasteiger partial charge in [-0.3, -0.25) is 9.59 Å². The Kier molecular flexibility index (Phi) is 5.33. The lowest BCUT2D eigenvalue weighted by Gasteiger charge is -2.33. The van der Waals surface area contributed by atoms with Crippen molar-refractivity contribution in [3.63, 3.8) is 0 Å². The number of amides is 1. The van der Waals surface area contributed by atoms with Gasteiger partial charge in [-0.1, -0.05) is 12.1 Å². The predicted octanol–water partition coefficient (Wildman–Crippen LogP) is 1.72. The summed E-state index contributed by atoms with van der Waals surface area (Å²) in [5.74, 6) is 0.438. The van der Waals surface area contributed by atoms with E-state index in [1.807, 2.05) is 35.8 Å². The van der Waals surface area contributed by atoms with Crippen LogP contribution >= 0.6 is 0 Å². The average Bonchev–Trinajstić information content (AvgIpc) is 3.18. The average molecular weight is 394 g/mol. The highest BCUT2D eigenvalue weighted by Gasteiger charge is 2.22. The van der Waals surface area contributed by atoms with Gasteiger partial charge in [0.2, 0.25) is 5.91 Å². The van der Waals surface area contributed by atoms with Crippen LogP contribution in [0.2, 0.25) is 0 Å². The number of aryl methyl sites for hydroxylation is 1. The number of anilines is 1. The molecule has 1 aliphatic heterocycles. The summed E-state index contributed by atoms with van der Waals surface area (Å²) in [7, 11) is 1.65. The lowest BCUT2D eigenvalue weighted by atomic mass is 9.96. The van der Waals surface area contributed by atoms with E-state index in [-0.39, 0.29) is 17.5 Å². The van der Waals surface area contributed by atoms with Crippen LogP contribution in [0, 0.1) is 5.92 Å². The molecule has 0 unspecified atom stereocenters. The summed E-state index contributed by atoms with van der Waals surface area (Å²) in [5, 5.41) is 7.20. The van der Waals surface area contributed by atoms with Crippen molar-refractivity contribution in [2.45, 2.75) is 25.8 Å². The lowest BCUT2D eigenvalue weighted by Crippen LogP contribution is -2.40. The molecule has 3 heterocycles. The Morgan fingerprint density at radius 3 is 2.79 bits per heavy atom. The highest BCUT2D eigenvalue weighted by molar-refractivity contribution is 5.83. The summed E-state index contributed by atoms with van der Waals surface area (Å²) in [5.41, 5.74) is 2.63. The zero-order valence-corrected chi connectivity index (χ0v) is 16.8. The number of hydrogen-bond donors (Lipinski definition) is 1. The lowest BCUT2D eigenvalue weighted by molar-refractivity contribution is -0.124. The standard InChI is InChI=1S/C21H26N6O2/c1-15(27-14-23-18-5-3-4-6-19(18)27)21(29)22-12-16-7-9-26(10-8-16)17-11-20(28)25(2)24-13-17/h3-6,11,13-16H,7-10,12H2,1-2H3,(H,22,29)/t15-/m0/s1. The molecule has 1 amide bonds. The smallest absolute Gasteiger partial charge is 0.268 e. The first-order valence-electron chi connectivity index (χ1n) is 10.0. The molecule has 3 aromatic rings. The number of para-hydroxylation sites is 2. The second-order valence-corrected chi connectivity index (χ2v) is 7.67. The fourth-order valence-electron chi connectivity index (χ4n) is 3.83. The number of rotatable bonds is 5. The third-order valence-corrected chi connectivity index (χ3v) is 5.78. The van der Waals surface area contributed by atoms with Gasteiger partial charge in [-0.15, -0.1) is 0 Å². The van der Waals surface area contributed by atoms with E-state index in [1.165, 1.54) is 4.68 Å². The van der Waals surface area contributed by atoms with Crippen LogP contribution in [-0.4, -0.2) is 44.9 Å². The van der Waals surface area contributed by atoms with Crippen molar-refractivity contribution in [2.24, 2.45) is 13.0 Å². The molecule has 1 aliphatic rings. The quantitative estimate of drug-likeness (QED) is 0.712. The summed E-state index contributed by atoms with van der Waals surface area (Å²) < 4.78 is 3.24. The molecule has 1 saturated heterocycles. The fraction of sp³-hybridized carbons (Fsp3) is 0.429. The van der Waals surface area contributed by atoms with Crippen LogP contribution in [0.5, 0.6) is 0 Å². The number of carbonyl (C=O) groups is 1. The van der Waals surface area contributed by atoms with E-state index in [9.17, 15) is 9.59 Å². The van der Waals surface area contributed by atoms with Gasteiger partial charge in [-0.05, 0) is 37.8 Å². The number of nitrogens with zero attached hydrogens (tertiary/aromatic N) is 5. The fourth-order valence-corrected chi connectivity index (χ4v) is 3.83. The van der Waals surface area contributed by atoms with Crippen LogP contribution < -0.4 is 15.8 Å².